The summed E-state index contributed by atoms with van der Waals surface area (Å²) in [6.45, 7) is 1.90. The lowest BCUT2D eigenvalue weighted by molar-refractivity contribution is 0.423. The summed E-state index contributed by atoms with van der Waals surface area (Å²) in [5, 5.41) is 12.0. The van der Waals surface area contributed by atoms with Gasteiger partial charge in [-0.15, -0.1) is 0 Å². The van der Waals surface area contributed by atoms with Crippen LogP contribution in [0.15, 0.2) is 12.4 Å². The van der Waals surface area contributed by atoms with Gasteiger partial charge in [-0.25, -0.2) is 9.97 Å². The van der Waals surface area contributed by atoms with Crippen molar-refractivity contribution in [2.75, 3.05) is 13.1 Å². The fourth-order valence-electron chi connectivity index (χ4n) is 1.01. The van der Waals surface area contributed by atoms with E-state index in [0.29, 0.717) is 5.92 Å². The monoisotopic (exact) mass is 151 g/mol. The normalized spacial score (nSPS) is 17.8. The van der Waals surface area contributed by atoms with Gasteiger partial charge in [0.25, 0.3) is 0 Å². The molecule has 1 saturated heterocycles. The van der Waals surface area contributed by atoms with Gasteiger partial charge in [0.05, 0.1) is 12.4 Å². The average Bonchev–Trinajstić information content (AvgIpc) is 1.90. The molecule has 0 saturated carbocycles. The third kappa shape index (κ3) is 1.17. The zero-order valence-corrected chi connectivity index (χ0v) is 5.99. The van der Waals surface area contributed by atoms with Gasteiger partial charge in [0.15, 0.2) is 5.75 Å². The Labute approximate surface area is 64.3 Å². The van der Waals surface area contributed by atoms with Crippen LogP contribution in [0.1, 0.15) is 11.7 Å². The maximum atomic E-state index is 8.89. The number of aromatic hydroxyl groups is 1. The fraction of sp³-hybridized carbons (Fsp3) is 0.429. The van der Waals surface area contributed by atoms with Gasteiger partial charge in [0.2, 0.25) is 0 Å². The summed E-state index contributed by atoms with van der Waals surface area (Å²) in [6, 6.07) is 0. The van der Waals surface area contributed by atoms with E-state index in [0.717, 1.165) is 18.9 Å². The SMILES string of the molecule is Oc1cnc(C2CNC2)nc1. The molecule has 1 fully saturated rings. The summed E-state index contributed by atoms with van der Waals surface area (Å²) in [6.07, 6.45) is 2.86. The maximum absolute atomic E-state index is 8.89. The molecule has 4 nitrogen and oxygen atoms in total. The van der Waals surface area contributed by atoms with Crippen LogP contribution in [0.5, 0.6) is 5.75 Å². The topological polar surface area (TPSA) is 58.0 Å². The van der Waals surface area contributed by atoms with E-state index in [-0.39, 0.29) is 5.75 Å². The van der Waals surface area contributed by atoms with Gasteiger partial charge < -0.3 is 10.4 Å². The highest BCUT2D eigenvalue weighted by Crippen LogP contribution is 2.15. The van der Waals surface area contributed by atoms with Gasteiger partial charge in [-0.3, -0.25) is 0 Å². The van der Waals surface area contributed by atoms with E-state index in [4.69, 9.17) is 5.11 Å². The Kier molecular flexibility index (Phi) is 1.47. The van der Waals surface area contributed by atoms with Crippen LogP contribution in [0.3, 0.4) is 0 Å². The minimum Gasteiger partial charge on any atom is -0.505 e. The molecule has 1 aliphatic rings. The molecule has 11 heavy (non-hydrogen) atoms. The predicted molar refractivity (Wildman–Crippen MR) is 39.3 cm³/mol. The molecule has 0 aliphatic carbocycles. The molecule has 0 bridgehead atoms. The van der Waals surface area contributed by atoms with Crippen LogP contribution in [0.4, 0.5) is 0 Å². The number of hydrogen-bond donors (Lipinski definition) is 2. The zero-order valence-electron chi connectivity index (χ0n) is 5.99. The Balaban J connectivity index is 2.18. The number of nitrogens with one attached hydrogen (secondary N) is 1. The van der Waals surface area contributed by atoms with Crippen LogP contribution in [-0.2, 0) is 0 Å². The lowest BCUT2D eigenvalue weighted by Crippen LogP contribution is -2.40. The second-order valence-corrected chi connectivity index (χ2v) is 2.65. The van der Waals surface area contributed by atoms with E-state index >= 15 is 0 Å². The molecule has 0 atom stereocenters. The highest BCUT2D eigenvalue weighted by atomic mass is 16.3. The number of hydrogen-bond acceptors (Lipinski definition) is 4. The second-order valence-electron chi connectivity index (χ2n) is 2.65. The zero-order chi connectivity index (χ0) is 7.68. The molecule has 1 aromatic rings. The van der Waals surface area contributed by atoms with E-state index in [1.807, 2.05) is 0 Å². The number of rotatable bonds is 1. The Hall–Kier alpha value is -1.16. The standard InChI is InChI=1S/C7H9N3O/c11-6-3-9-7(10-4-6)5-1-8-2-5/h3-5,8,11H,1-2H2. The third-order valence-electron chi connectivity index (χ3n) is 1.80. The van der Waals surface area contributed by atoms with Crippen LogP contribution in [0.2, 0.25) is 0 Å². The van der Waals surface area contributed by atoms with Crippen LogP contribution in [0, 0.1) is 0 Å². The molecule has 0 radical (unpaired) electrons. The van der Waals surface area contributed by atoms with Crippen LogP contribution >= 0.6 is 0 Å². The van der Waals surface area contributed by atoms with E-state index in [1.165, 1.54) is 12.4 Å². The predicted octanol–water partition coefficient (Wildman–Crippen LogP) is -0.131. The molecule has 0 amide bonds. The first kappa shape index (κ1) is 6.54. The Morgan fingerprint density at radius 1 is 1.36 bits per heavy atom. The summed E-state index contributed by atoms with van der Waals surface area (Å²) in [7, 11) is 0. The number of aromatic nitrogens is 2. The highest BCUT2D eigenvalue weighted by molar-refractivity contribution is 5.13. The maximum Gasteiger partial charge on any atom is 0.152 e. The Morgan fingerprint density at radius 2 is 2.00 bits per heavy atom. The van der Waals surface area contributed by atoms with E-state index in [2.05, 4.69) is 15.3 Å². The van der Waals surface area contributed by atoms with E-state index < -0.39 is 0 Å². The van der Waals surface area contributed by atoms with Crippen molar-refractivity contribution in [3.63, 3.8) is 0 Å². The van der Waals surface area contributed by atoms with Crippen molar-refractivity contribution < 1.29 is 5.11 Å². The molecule has 1 aliphatic heterocycles. The van der Waals surface area contributed by atoms with Crippen LogP contribution in [-0.4, -0.2) is 28.2 Å². The minimum atomic E-state index is 0.126. The summed E-state index contributed by atoms with van der Waals surface area (Å²) >= 11 is 0. The molecule has 0 aromatic carbocycles. The van der Waals surface area contributed by atoms with Crippen LogP contribution < -0.4 is 5.32 Å². The average molecular weight is 151 g/mol. The van der Waals surface area contributed by atoms with Crippen molar-refractivity contribution in [1.82, 2.24) is 15.3 Å². The number of nitrogens with zero attached hydrogens (tertiary/aromatic N) is 2. The first-order chi connectivity index (χ1) is 5.36. The highest BCUT2D eigenvalue weighted by Gasteiger charge is 2.20. The quantitative estimate of drug-likeness (QED) is 0.587. The fourth-order valence-corrected chi connectivity index (χ4v) is 1.01. The summed E-state index contributed by atoms with van der Waals surface area (Å²) in [5.41, 5.74) is 0. The van der Waals surface area contributed by atoms with E-state index in [9.17, 15) is 0 Å². The van der Waals surface area contributed by atoms with E-state index in [1.54, 1.807) is 0 Å². The molecule has 4 heteroatoms. The lowest BCUT2D eigenvalue weighted by Gasteiger charge is -2.25. The van der Waals surface area contributed by atoms with Gasteiger partial charge in [0, 0.05) is 19.0 Å². The second kappa shape index (κ2) is 2.47. The third-order valence-corrected chi connectivity index (χ3v) is 1.80. The smallest absolute Gasteiger partial charge is 0.152 e. The molecule has 0 spiro atoms. The van der Waals surface area contributed by atoms with Crippen molar-refractivity contribution in [1.29, 1.82) is 0 Å². The molecule has 2 heterocycles. The first-order valence-electron chi connectivity index (χ1n) is 3.58. The first-order valence-corrected chi connectivity index (χ1v) is 3.58. The molecule has 2 rings (SSSR count). The van der Waals surface area contributed by atoms with Crippen LogP contribution in [0.25, 0.3) is 0 Å². The molecular formula is C7H9N3O. The summed E-state index contributed by atoms with van der Waals surface area (Å²) in [5.74, 6) is 1.39. The Morgan fingerprint density at radius 3 is 2.45 bits per heavy atom. The molecule has 1 aromatic heterocycles. The molecule has 0 unspecified atom stereocenters. The van der Waals surface area contributed by atoms with Crippen molar-refractivity contribution in [3.8, 4) is 5.75 Å². The Bertz CT molecular complexity index is 242. The van der Waals surface area contributed by atoms with Gasteiger partial charge in [-0.2, -0.15) is 0 Å². The summed E-state index contributed by atoms with van der Waals surface area (Å²) in [4.78, 5) is 8.00. The van der Waals surface area contributed by atoms with Crippen molar-refractivity contribution >= 4 is 0 Å². The van der Waals surface area contributed by atoms with Gasteiger partial charge in [0.1, 0.15) is 5.82 Å². The van der Waals surface area contributed by atoms with Gasteiger partial charge in [-0.05, 0) is 0 Å². The minimum absolute atomic E-state index is 0.126. The van der Waals surface area contributed by atoms with Gasteiger partial charge >= 0.3 is 0 Å². The molecule has 58 valence electrons. The lowest BCUT2D eigenvalue weighted by atomic mass is 10.0. The van der Waals surface area contributed by atoms with Crippen molar-refractivity contribution in [2.24, 2.45) is 0 Å². The van der Waals surface area contributed by atoms with Crippen molar-refractivity contribution in [2.45, 2.75) is 5.92 Å². The molecule has 2 N–H and O–H groups in total. The van der Waals surface area contributed by atoms with Crippen molar-refractivity contribution in [3.05, 3.63) is 18.2 Å². The summed E-state index contributed by atoms with van der Waals surface area (Å²) < 4.78 is 0. The molecular weight excluding hydrogens is 142 g/mol. The largest absolute Gasteiger partial charge is 0.505 e. The van der Waals surface area contributed by atoms with Gasteiger partial charge in [-0.1, -0.05) is 0 Å².